The summed E-state index contributed by atoms with van der Waals surface area (Å²) in [6.07, 6.45) is 3.82. The highest BCUT2D eigenvalue weighted by atomic mass is 19.1. The van der Waals surface area contributed by atoms with Gasteiger partial charge in [0.05, 0.1) is 0 Å². The van der Waals surface area contributed by atoms with E-state index in [1.807, 2.05) is 4.90 Å². The third-order valence-electron chi connectivity index (χ3n) is 3.68. The Bertz CT molecular complexity index is 297. The number of hydrogen-bond donors (Lipinski definition) is 0. The van der Waals surface area contributed by atoms with Gasteiger partial charge in [-0.25, -0.2) is 4.39 Å². The average Bonchev–Trinajstić information content (AvgIpc) is 2.68. The Labute approximate surface area is 95.9 Å². The molecule has 90 valence electrons. The second-order valence-corrected chi connectivity index (χ2v) is 4.87. The van der Waals surface area contributed by atoms with Crippen LogP contribution in [0, 0.1) is 5.41 Å². The van der Waals surface area contributed by atoms with Crippen molar-refractivity contribution in [3.8, 4) is 0 Å². The molecular formula is C12H19FN2O. The molecule has 0 unspecified atom stereocenters. The summed E-state index contributed by atoms with van der Waals surface area (Å²) in [7, 11) is 0. The van der Waals surface area contributed by atoms with E-state index >= 15 is 0 Å². The largest absolute Gasteiger partial charge is 0.338 e. The van der Waals surface area contributed by atoms with E-state index in [2.05, 4.69) is 11.8 Å². The Morgan fingerprint density at radius 1 is 1.44 bits per heavy atom. The van der Waals surface area contributed by atoms with E-state index in [0.29, 0.717) is 5.41 Å². The molecule has 0 bridgehead atoms. The summed E-state index contributed by atoms with van der Waals surface area (Å²) < 4.78 is 11.9. The van der Waals surface area contributed by atoms with Crippen LogP contribution in [0.5, 0.6) is 0 Å². The first-order valence-corrected chi connectivity index (χ1v) is 5.93. The Balaban J connectivity index is 1.81. The maximum atomic E-state index is 11.9. The van der Waals surface area contributed by atoms with Gasteiger partial charge in [0, 0.05) is 31.1 Å². The Morgan fingerprint density at radius 3 is 2.75 bits per heavy atom. The third kappa shape index (κ3) is 2.12. The Morgan fingerprint density at radius 2 is 2.19 bits per heavy atom. The highest BCUT2D eigenvalue weighted by Gasteiger charge is 2.48. The van der Waals surface area contributed by atoms with Crippen LogP contribution in [0.15, 0.2) is 12.2 Å². The molecule has 1 amide bonds. The molecule has 0 saturated carbocycles. The fraction of sp³-hybridized carbons (Fsp3) is 0.750. The molecule has 2 fully saturated rings. The number of carbonyl (C=O) groups is 1. The summed E-state index contributed by atoms with van der Waals surface area (Å²) in [5.41, 5.74) is 0.342. The molecule has 0 atom stereocenters. The number of rotatable bonds is 3. The fourth-order valence-corrected chi connectivity index (χ4v) is 2.73. The van der Waals surface area contributed by atoms with Gasteiger partial charge in [-0.05, 0) is 25.6 Å². The zero-order valence-corrected chi connectivity index (χ0v) is 9.79. The SMILES string of the molecule is CCN1CCC2(C1)CN(C(=O)/C=C/CF)C2. The number of hydrogen-bond acceptors (Lipinski definition) is 2. The second-order valence-electron chi connectivity index (χ2n) is 4.87. The quantitative estimate of drug-likeness (QED) is 0.672. The van der Waals surface area contributed by atoms with Gasteiger partial charge in [-0.1, -0.05) is 6.92 Å². The van der Waals surface area contributed by atoms with E-state index in [0.717, 1.165) is 32.7 Å². The summed E-state index contributed by atoms with van der Waals surface area (Å²) in [6.45, 7) is 6.66. The summed E-state index contributed by atoms with van der Waals surface area (Å²) >= 11 is 0. The highest BCUT2D eigenvalue weighted by Crippen LogP contribution is 2.39. The van der Waals surface area contributed by atoms with Crippen LogP contribution in [0.3, 0.4) is 0 Å². The minimum Gasteiger partial charge on any atom is -0.338 e. The van der Waals surface area contributed by atoms with E-state index in [1.54, 1.807) is 0 Å². The molecule has 2 heterocycles. The van der Waals surface area contributed by atoms with E-state index < -0.39 is 6.67 Å². The third-order valence-corrected chi connectivity index (χ3v) is 3.68. The number of carbonyl (C=O) groups excluding carboxylic acids is 1. The van der Waals surface area contributed by atoms with Crippen molar-refractivity contribution in [2.24, 2.45) is 5.41 Å². The zero-order chi connectivity index (χ0) is 11.6. The number of allylic oxidation sites excluding steroid dienone is 1. The lowest BCUT2D eigenvalue weighted by Crippen LogP contribution is -2.59. The summed E-state index contributed by atoms with van der Waals surface area (Å²) in [4.78, 5) is 15.8. The average molecular weight is 226 g/mol. The van der Waals surface area contributed by atoms with Crippen molar-refractivity contribution >= 4 is 5.91 Å². The molecule has 2 aliphatic heterocycles. The van der Waals surface area contributed by atoms with Gasteiger partial charge in [-0.15, -0.1) is 0 Å². The number of halogens is 1. The van der Waals surface area contributed by atoms with Crippen LogP contribution in [0.4, 0.5) is 4.39 Å². The van der Waals surface area contributed by atoms with Gasteiger partial charge in [-0.3, -0.25) is 4.79 Å². The molecule has 2 aliphatic rings. The predicted molar refractivity (Wildman–Crippen MR) is 60.9 cm³/mol. The van der Waals surface area contributed by atoms with Gasteiger partial charge in [0.25, 0.3) is 0 Å². The predicted octanol–water partition coefficient (Wildman–Crippen LogP) is 1.07. The molecule has 2 saturated heterocycles. The smallest absolute Gasteiger partial charge is 0.246 e. The molecular weight excluding hydrogens is 207 g/mol. The van der Waals surface area contributed by atoms with Crippen molar-refractivity contribution in [1.29, 1.82) is 0 Å². The van der Waals surface area contributed by atoms with Gasteiger partial charge in [-0.2, -0.15) is 0 Å². The van der Waals surface area contributed by atoms with Gasteiger partial charge in [0.2, 0.25) is 5.91 Å². The molecule has 0 aliphatic carbocycles. The second kappa shape index (κ2) is 4.53. The van der Waals surface area contributed by atoms with Crippen molar-refractivity contribution in [2.75, 3.05) is 39.4 Å². The van der Waals surface area contributed by atoms with Gasteiger partial charge in [0.15, 0.2) is 0 Å². The lowest BCUT2D eigenvalue weighted by atomic mass is 9.79. The Kier molecular flexibility index (Phi) is 3.28. The minimum atomic E-state index is -0.561. The van der Waals surface area contributed by atoms with Crippen LogP contribution in [0.1, 0.15) is 13.3 Å². The molecule has 0 N–H and O–H groups in total. The van der Waals surface area contributed by atoms with Crippen LogP contribution in [0.25, 0.3) is 0 Å². The highest BCUT2D eigenvalue weighted by molar-refractivity contribution is 5.88. The van der Waals surface area contributed by atoms with E-state index in [4.69, 9.17) is 0 Å². The van der Waals surface area contributed by atoms with Crippen molar-refractivity contribution < 1.29 is 9.18 Å². The fourth-order valence-electron chi connectivity index (χ4n) is 2.73. The van der Waals surface area contributed by atoms with Gasteiger partial charge >= 0.3 is 0 Å². The number of alkyl halides is 1. The maximum absolute atomic E-state index is 11.9. The molecule has 0 radical (unpaired) electrons. The van der Waals surface area contributed by atoms with Crippen molar-refractivity contribution in [2.45, 2.75) is 13.3 Å². The van der Waals surface area contributed by atoms with E-state index in [1.165, 1.54) is 18.6 Å². The van der Waals surface area contributed by atoms with Crippen molar-refractivity contribution in [3.63, 3.8) is 0 Å². The summed E-state index contributed by atoms with van der Waals surface area (Å²) in [6, 6.07) is 0. The molecule has 0 aromatic rings. The van der Waals surface area contributed by atoms with Crippen molar-refractivity contribution in [3.05, 3.63) is 12.2 Å². The lowest BCUT2D eigenvalue weighted by Gasteiger charge is -2.47. The van der Waals surface area contributed by atoms with Crippen LogP contribution in [0.2, 0.25) is 0 Å². The molecule has 16 heavy (non-hydrogen) atoms. The molecule has 4 heteroatoms. The standard InChI is InChI=1S/C12H19FN2O/c1-2-14-7-5-12(8-14)9-15(10-12)11(16)4-3-6-13/h3-4H,2,5-10H2,1H3/b4-3+. The van der Waals surface area contributed by atoms with Gasteiger partial charge < -0.3 is 9.80 Å². The summed E-state index contributed by atoms with van der Waals surface area (Å²) in [5.74, 6) is -0.0433. The van der Waals surface area contributed by atoms with Crippen LogP contribution in [-0.4, -0.2) is 55.1 Å². The first kappa shape index (κ1) is 11.6. The molecule has 3 nitrogen and oxygen atoms in total. The number of amides is 1. The normalized spacial score (nSPS) is 24.2. The van der Waals surface area contributed by atoms with E-state index in [9.17, 15) is 9.18 Å². The van der Waals surface area contributed by atoms with Gasteiger partial charge in [0.1, 0.15) is 6.67 Å². The minimum absolute atomic E-state index is 0.0433. The molecule has 0 aromatic heterocycles. The maximum Gasteiger partial charge on any atom is 0.246 e. The van der Waals surface area contributed by atoms with Crippen LogP contribution >= 0.6 is 0 Å². The topological polar surface area (TPSA) is 23.6 Å². The molecule has 0 aromatic carbocycles. The summed E-state index contributed by atoms with van der Waals surface area (Å²) in [5, 5.41) is 0. The van der Waals surface area contributed by atoms with Crippen LogP contribution in [-0.2, 0) is 4.79 Å². The Hall–Kier alpha value is -0.900. The molecule has 2 rings (SSSR count). The lowest BCUT2D eigenvalue weighted by molar-refractivity contribution is -0.137. The number of likely N-dealkylation sites (tertiary alicyclic amines) is 2. The molecule has 1 spiro atoms. The number of nitrogens with zero attached hydrogens (tertiary/aromatic N) is 2. The zero-order valence-electron chi connectivity index (χ0n) is 9.79. The van der Waals surface area contributed by atoms with Crippen molar-refractivity contribution in [1.82, 2.24) is 9.80 Å². The first-order chi connectivity index (χ1) is 7.69. The van der Waals surface area contributed by atoms with E-state index in [-0.39, 0.29) is 5.91 Å². The monoisotopic (exact) mass is 226 g/mol. The van der Waals surface area contributed by atoms with Crippen LogP contribution < -0.4 is 0 Å². The first-order valence-electron chi connectivity index (χ1n) is 5.93.